The van der Waals surface area contributed by atoms with Crippen molar-refractivity contribution in [3.05, 3.63) is 269 Å². The van der Waals surface area contributed by atoms with Gasteiger partial charge in [0.25, 0.3) is 0 Å². The van der Waals surface area contributed by atoms with Gasteiger partial charge < -0.3 is 47.3 Å². The molecule has 0 saturated heterocycles. The van der Waals surface area contributed by atoms with E-state index in [9.17, 15) is 0 Å². The fourth-order valence-corrected chi connectivity index (χ4v) is 17.4. The molecule has 26 nitrogen and oxygen atoms in total. The van der Waals surface area contributed by atoms with Gasteiger partial charge in [-0.15, -0.1) is 45.3 Å². The third kappa shape index (κ3) is 16.1. The smallest absolute Gasteiger partial charge is 0.229 e. The van der Waals surface area contributed by atoms with E-state index >= 15 is 0 Å². The molecule has 1 unspecified atom stereocenters. The van der Waals surface area contributed by atoms with Crippen molar-refractivity contribution in [2.45, 2.75) is 50.6 Å². The summed E-state index contributed by atoms with van der Waals surface area (Å²) in [7, 11) is 1.68. The van der Waals surface area contributed by atoms with Crippen molar-refractivity contribution in [2.24, 2.45) is 0 Å². The normalized spacial score (nSPS) is 13.0. The van der Waals surface area contributed by atoms with Crippen molar-refractivity contribution in [2.75, 3.05) is 56.2 Å². The minimum atomic E-state index is 0.237. The van der Waals surface area contributed by atoms with Gasteiger partial charge in [-0.1, -0.05) is 60.7 Å². The standard InChI is InChI=1S/C23H20N6S.C22H20N6OS.C22H18N6S.C18H13N7S/c1-2-6-17-14(4-1)5-3-7-19(17)26-23-27-20-10-11-30-21(20)22(28-23)25-16-8-9-18-15(12-16)13-24-29-18;1-29-17-4-2-3-14(11-17)7-9-23-22-26-19-8-10-30-20(19)21(27-22)25-16-5-6-18-15(12-16)13-24-28-18;1-2-4-14-10-17(9-13(14)3-1)25-22-26-19-7-8-29-20(19)21(27-22)24-16-5-6-18-15(11-16)12-23-28-18;1-2-14-11(10-20-25-14)9-13(1)21-17-16-15(5-8-26-16)23-18(24-17)22-12-3-6-19-7-4-12/h1-2,4,6,8-13,19H,3,5,7H2,(H,24,29)(H2,25,26,27,28);2-6,8,10-13H,7,9H2,1H3,(H,24,28)(H2,23,25,26,27);1-8,11-12,17H,9-10H2,(H,23,28)(H2,24,25,26,27);1-10H,(H,20,25)(H2,19,21,22,23,24). The molecule has 0 radical (unpaired) electrons. The maximum absolute atomic E-state index is 5.29. The number of hydrogen-bond donors (Lipinski definition) is 12. The Morgan fingerprint density at radius 2 is 0.835 bits per heavy atom. The summed E-state index contributed by atoms with van der Waals surface area (Å²) in [4.78, 5) is 41.8. The quantitative estimate of drug-likeness (QED) is 0.0358. The zero-order chi connectivity index (χ0) is 76.8. The van der Waals surface area contributed by atoms with Crippen LogP contribution in [0.25, 0.3) is 84.5 Å². The molecule has 566 valence electrons. The second-order valence-electron chi connectivity index (χ2n) is 27.5. The molecule has 0 saturated carbocycles. The van der Waals surface area contributed by atoms with Crippen LogP contribution < -0.4 is 47.3 Å². The van der Waals surface area contributed by atoms with Crippen molar-refractivity contribution in [3.8, 4) is 5.75 Å². The molecule has 20 aromatic rings. The van der Waals surface area contributed by atoms with Crippen LogP contribution >= 0.6 is 45.3 Å². The maximum Gasteiger partial charge on any atom is 0.229 e. The highest BCUT2D eigenvalue weighted by Gasteiger charge is 2.25. The number of H-pyrrole nitrogens is 4. The van der Waals surface area contributed by atoms with E-state index in [4.69, 9.17) is 29.7 Å². The van der Waals surface area contributed by atoms with E-state index in [1.165, 1.54) is 34.2 Å². The molecule has 13 heterocycles. The lowest BCUT2D eigenvalue weighted by Gasteiger charge is -2.26. The van der Waals surface area contributed by atoms with Gasteiger partial charge in [0.05, 0.1) is 101 Å². The first kappa shape index (κ1) is 71.3. The van der Waals surface area contributed by atoms with Gasteiger partial charge in [-0.25, -0.2) is 19.9 Å². The Morgan fingerprint density at radius 3 is 1.32 bits per heavy atom. The Hall–Kier alpha value is -14.1. The highest BCUT2D eigenvalue weighted by atomic mass is 32.1. The molecule has 0 aliphatic heterocycles. The molecule has 2 aliphatic carbocycles. The zero-order valence-electron chi connectivity index (χ0n) is 61.6. The van der Waals surface area contributed by atoms with E-state index < -0.39 is 0 Å². The van der Waals surface area contributed by atoms with Gasteiger partial charge in [0.2, 0.25) is 23.8 Å². The van der Waals surface area contributed by atoms with E-state index in [2.05, 4.69) is 187 Å². The summed E-state index contributed by atoms with van der Waals surface area (Å²) in [5, 5.41) is 68.1. The van der Waals surface area contributed by atoms with Gasteiger partial charge >= 0.3 is 0 Å². The SMILES string of the molecule is COc1cccc(CCNc2nc(Nc3ccc4[nH]ncc4c3)c3sccc3n2)c1.c1cc(Nc2nc(Nc3ccc4[nH]ncc4c3)c3sccc3n2)ccn1.c1ccc2c(c1)CC(Nc1nc(Nc3ccc4[nH]ncc4c3)c3sccc3n1)C2.c1ccc2c(c1)CCCC2Nc1nc(Nc2ccc3[nH]ncc3c2)c2sccc2n1. The Kier molecular flexibility index (Phi) is 20.0. The topological polar surface area (TPSA) is 336 Å². The van der Waals surface area contributed by atoms with Crippen LogP contribution in [0, 0.1) is 0 Å². The fraction of sp³-hybridized carbons (Fsp3) is 0.118. The number of hydrogen-bond acceptors (Lipinski definition) is 26. The monoisotopic (exact) mass is 1590 g/mol. The van der Waals surface area contributed by atoms with Crippen molar-refractivity contribution in [1.82, 2.24) is 85.6 Å². The van der Waals surface area contributed by atoms with Crippen molar-refractivity contribution in [3.63, 3.8) is 0 Å². The lowest BCUT2D eigenvalue weighted by atomic mass is 9.88. The predicted octanol–water partition coefficient (Wildman–Crippen LogP) is 20.1. The number of fused-ring (bicyclic) bond motifs is 10. The molecule has 22 rings (SSSR count). The molecule has 30 heteroatoms. The van der Waals surface area contributed by atoms with E-state index in [1.807, 2.05) is 139 Å². The predicted molar refractivity (Wildman–Crippen MR) is 467 cm³/mol. The third-order valence-corrected chi connectivity index (χ3v) is 23.5. The van der Waals surface area contributed by atoms with Gasteiger partial charge in [0.1, 0.15) is 5.75 Å². The number of ether oxygens (including phenoxy) is 1. The molecule has 1 atom stereocenters. The number of nitrogens with one attached hydrogen (secondary N) is 12. The van der Waals surface area contributed by atoms with Crippen LogP contribution in [-0.4, -0.2) is 105 Å². The number of rotatable bonds is 19. The Bertz CT molecular complexity index is 6800. The van der Waals surface area contributed by atoms with Gasteiger partial charge in [0, 0.05) is 75.0 Å². The molecule has 0 spiro atoms. The van der Waals surface area contributed by atoms with Crippen LogP contribution in [0.2, 0.25) is 0 Å². The molecule has 12 N–H and O–H groups in total. The van der Waals surface area contributed by atoms with Crippen molar-refractivity contribution in [1.29, 1.82) is 0 Å². The summed E-state index contributed by atoms with van der Waals surface area (Å²) in [6.07, 6.45) is 17.0. The number of aryl methyl sites for hydroxylation is 1. The first-order valence-electron chi connectivity index (χ1n) is 37.3. The second-order valence-corrected chi connectivity index (χ2v) is 31.2. The van der Waals surface area contributed by atoms with Gasteiger partial charge in [-0.05, 0) is 209 Å². The summed E-state index contributed by atoms with van der Waals surface area (Å²) in [6.45, 7) is 0.725. The number of methoxy groups -OCH3 is 1. The molecule has 2 aliphatic rings. The minimum absolute atomic E-state index is 0.237. The molecule has 115 heavy (non-hydrogen) atoms. The van der Waals surface area contributed by atoms with Crippen LogP contribution in [0.4, 0.5) is 75.5 Å². The fourth-order valence-electron chi connectivity index (χ4n) is 14.3. The van der Waals surface area contributed by atoms with Crippen LogP contribution in [-0.2, 0) is 25.7 Å². The van der Waals surface area contributed by atoms with Gasteiger partial charge in [-0.2, -0.15) is 40.3 Å². The van der Waals surface area contributed by atoms with Crippen LogP contribution in [0.5, 0.6) is 5.75 Å². The zero-order valence-corrected chi connectivity index (χ0v) is 64.8. The molecular formula is C85H71N25OS4. The molecule has 0 bridgehead atoms. The van der Waals surface area contributed by atoms with Gasteiger partial charge in [0.15, 0.2) is 23.3 Å². The van der Waals surface area contributed by atoms with Gasteiger partial charge in [-0.3, -0.25) is 25.4 Å². The Labute approximate surface area is 672 Å². The highest BCUT2D eigenvalue weighted by molar-refractivity contribution is 7.18. The van der Waals surface area contributed by atoms with Crippen molar-refractivity contribution >= 4 is 205 Å². The number of aromatic nitrogens is 17. The van der Waals surface area contributed by atoms with E-state index in [-0.39, 0.29) is 6.04 Å². The van der Waals surface area contributed by atoms with Crippen LogP contribution in [0.15, 0.2) is 241 Å². The van der Waals surface area contributed by atoms with Crippen molar-refractivity contribution < 1.29 is 4.74 Å². The number of nitrogens with zero attached hydrogens (tertiary/aromatic N) is 13. The number of aromatic amines is 4. The number of benzene rings is 7. The third-order valence-electron chi connectivity index (χ3n) is 19.9. The number of thiophene rings is 4. The number of pyridine rings is 1. The molecule has 0 amide bonds. The van der Waals surface area contributed by atoms with Crippen LogP contribution in [0.1, 0.15) is 46.7 Å². The lowest BCUT2D eigenvalue weighted by Crippen LogP contribution is -2.21. The largest absolute Gasteiger partial charge is 0.497 e. The summed E-state index contributed by atoms with van der Waals surface area (Å²) in [5.74, 6) is 6.55. The second kappa shape index (κ2) is 32.3. The number of anilines is 13. The summed E-state index contributed by atoms with van der Waals surface area (Å²) in [5.41, 5.74) is 19.3. The maximum atomic E-state index is 5.29. The van der Waals surface area contributed by atoms with E-state index in [0.717, 1.165) is 181 Å². The molecule has 7 aromatic carbocycles. The van der Waals surface area contributed by atoms with Crippen LogP contribution in [0.3, 0.4) is 0 Å². The highest BCUT2D eigenvalue weighted by Crippen LogP contribution is 2.39. The van der Waals surface area contributed by atoms with E-state index in [1.54, 1.807) is 71.0 Å². The Balaban J connectivity index is 0.000000103. The average molecular weight is 1590 g/mol. The first-order chi connectivity index (χ1) is 56.8. The lowest BCUT2D eigenvalue weighted by molar-refractivity contribution is 0.414. The summed E-state index contributed by atoms with van der Waals surface area (Å²) in [6, 6.07) is 62.1. The summed E-state index contributed by atoms with van der Waals surface area (Å²) < 4.78 is 9.44. The molecule has 0 fully saturated rings. The van der Waals surface area contributed by atoms with E-state index in [0.29, 0.717) is 29.8 Å². The summed E-state index contributed by atoms with van der Waals surface area (Å²) >= 11 is 6.53. The minimum Gasteiger partial charge on any atom is -0.497 e. The molecule has 13 aromatic heterocycles. The average Bonchev–Trinajstić information content (AvgIpc) is 1.54. The Morgan fingerprint density at radius 1 is 0.400 bits per heavy atom. The first-order valence-corrected chi connectivity index (χ1v) is 40.8. The molecular weight excluding hydrogens is 1520 g/mol.